The molecule has 0 spiro atoms. The third-order valence-electron chi connectivity index (χ3n) is 5.32. The number of aryl methyl sites for hydroxylation is 2. The fourth-order valence-electron chi connectivity index (χ4n) is 3.67. The van der Waals surface area contributed by atoms with Crippen molar-refractivity contribution in [2.45, 2.75) is 26.8 Å². The Hall–Kier alpha value is -3.60. The number of nitrogens with zero attached hydrogens (tertiary/aromatic N) is 1. The lowest BCUT2D eigenvalue weighted by Gasteiger charge is -2.18. The largest absolute Gasteiger partial charge is 0.334 e. The SMILES string of the molecule is Cc1ccc(NC(=O)NCc2ccc3c(c2)N(C(=O)c2cccc(C)c2)CC3)cc1. The zero-order chi connectivity index (χ0) is 21.1. The van der Waals surface area contributed by atoms with Crippen LogP contribution in [0.4, 0.5) is 16.2 Å². The van der Waals surface area contributed by atoms with E-state index in [9.17, 15) is 9.59 Å². The molecule has 0 fully saturated rings. The predicted octanol–water partition coefficient (Wildman–Crippen LogP) is 4.83. The molecule has 4 rings (SSSR count). The van der Waals surface area contributed by atoms with Crippen molar-refractivity contribution in [3.8, 4) is 0 Å². The molecule has 30 heavy (non-hydrogen) atoms. The van der Waals surface area contributed by atoms with Gasteiger partial charge >= 0.3 is 6.03 Å². The van der Waals surface area contributed by atoms with Gasteiger partial charge in [0, 0.05) is 30.0 Å². The van der Waals surface area contributed by atoms with Crippen LogP contribution in [0.5, 0.6) is 0 Å². The average Bonchev–Trinajstić information content (AvgIpc) is 3.16. The molecule has 5 heteroatoms. The van der Waals surface area contributed by atoms with Gasteiger partial charge in [-0.15, -0.1) is 0 Å². The summed E-state index contributed by atoms with van der Waals surface area (Å²) in [5.74, 6) is 0.0136. The van der Waals surface area contributed by atoms with Crippen LogP contribution in [0.25, 0.3) is 0 Å². The van der Waals surface area contributed by atoms with Gasteiger partial charge < -0.3 is 15.5 Å². The molecule has 3 aromatic carbocycles. The van der Waals surface area contributed by atoms with E-state index in [1.807, 2.05) is 85.5 Å². The number of carbonyl (C=O) groups is 2. The third-order valence-corrected chi connectivity index (χ3v) is 5.32. The summed E-state index contributed by atoms with van der Waals surface area (Å²) in [6, 6.07) is 21.1. The molecule has 0 aliphatic carbocycles. The molecule has 1 heterocycles. The number of hydrogen-bond acceptors (Lipinski definition) is 2. The molecular weight excluding hydrogens is 374 g/mol. The summed E-state index contributed by atoms with van der Waals surface area (Å²) in [5, 5.41) is 5.71. The van der Waals surface area contributed by atoms with E-state index in [1.165, 1.54) is 0 Å². The van der Waals surface area contributed by atoms with E-state index < -0.39 is 0 Å². The molecule has 1 aliphatic heterocycles. The van der Waals surface area contributed by atoms with E-state index in [4.69, 9.17) is 0 Å². The second kappa shape index (κ2) is 8.41. The molecule has 3 amide bonds. The van der Waals surface area contributed by atoms with Crippen molar-refractivity contribution < 1.29 is 9.59 Å². The van der Waals surface area contributed by atoms with Gasteiger partial charge in [-0.05, 0) is 61.7 Å². The maximum Gasteiger partial charge on any atom is 0.319 e. The highest BCUT2D eigenvalue weighted by Crippen LogP contribution is 2.30. The first-order valence-corrected chi connectivity index (χ1v) is 10.1. The van der Waals surface area contributed by atoms with Gasteiger partial charge in [0.15, 0.2) is 0 Å². The minimum absolute atomic E-state index is 0.0136. The van der Waals surface area contributed by atoms with E-state index in [-0.39, 0.29) is 11.9 Å². The first-order chi connectivity index (χ1) is 14.5. The summed E-state index contributed by atoms with van der Waals surface area (Å²) in [6.45, 7) is 5.05. The van der Waals surface area contributed by atoms with Gasteiger partial charge in [0.2, 0.25) is 0 Å². The molecule has 0 bridgehead atoms. The summed E-state index contributed by atoms with van der Waals surface area (Å²) in [6.07, 6.45) is 0.842. The van der Waals surface area contributed by atoms with E-state index >= 15 is 0 Å². The Morgan fingerprint density at radius 2 is 1.73 bits per heavy atom. The van der Waals surface area contributed by atoms with Crippen molar-refractivity contribution >= 4 is 23.3 Å². The molecule has 0 radical (unpaired) electrons. The minimum atomic E-state index is -0.257. The van der Waals surface area contributed by atoms with Crippen LogP contribution < -0.4 is 15.5 Å². The first kappa shape index (κ1) is 19.7. The van der Waals surface area contributed by atoms with Crippen molar-refractivity contribution in [1.82, 2.24) is 5.32 Å². The first-order valence-electron chi connectivity index (χ1n) is 10.1. The zero-order valence-corrected chi connectivity index (χ0v) is 17.2. The molecular formula is C25H25N3O2. The number of urea groups is 1. The van der Waals surface area contributed by atoms with E-state index in [0.29, 0.717) is 18.7 Å². The van der Waals surface area contributed by atoms with Crippen LogP contribution in [0.3, 0.4) is 0 Å². The van der Waals surface area contributed by atoms with Crippen molar-refractivity contribution in [2.75, 3.05) is 16.8 Å². The van der Waals surface area contributed by atoms with Crippen molar-refractivity contribution in [3.63, 3.8) is 0 Å². The summed E-state index contributed by atoms with van der Waals surface area (Å²) in [4.78, 5) is 27.1. The van der Waals surface area contributed by atoms with Crippen LogP contribution in [-0.4, -0.2) is 18.5 Å². The highest BCUT2D eigenvalue weighted by Gasteiger charge is 2.25. The number of benzene rings is 3. The molecule has 0 saturated carbocycles. The second-order valence-corrected chi connectivity index (χ2v) is 7.71. The van der Waals surface area contributed by atoms with Crippen molar-refractivity contribution in [2.24, 2.45) is 0 Å². The van der Waals surface area contributed by atoms with E-state index in [1.54, 1.807) is 0 Å². The normalized spacial score (nSPS) is 12.4. The van der Waals surface area contributed by atoms with Crippen LogP contribution in [0, 0.1) is 13.8 Å². The summed E-state index contributed by atoms with van der Waals surface area (Å²) < 4.78 is 0. The molecule has 0 atom stereocenters. The topological polar surface area (TPSA) is 61.4 Å². The van der Waals surface area contributed by atoms with Crippen LogP contribution in [0.15, 0.2) is 66.7 Å². The van der Waals surface area contributed by atoms with Gasteiger partial charge in [0.1, 0.15) is 0 Å². The molecule has 2 N–H and O–H groups in total. The third kappa shape index (κ3) is 4.35. The average molecular weight is 399 g/mol. The lowest BCUT2D eigenvalue weighted by atomic mass is 10.1. The van der Waals surface area contributed by atoms with E-state index in [0.717, 1.165) is 40.0 Å². The Kier molecular flexibility index (Phi) is 5.53. The summed E-state index contributed by atoms with van der Waals surface area (Å²) in [7, 11) is 0. The second-order valence-electron chi connectivity index (χ2n) is 7.71. The Morgan fingerprint density at radius 1 is 0.933 bits per heavy atom. The highest BCUT2D eigenvalue weighted by atomic mass is 16.2. The molecule has 5 nitrogen and oxygen atoms in total. The maximum atomic E-state index is 13.0. The Morgan fingerprint density at radius 3 is 2.50 bits per heavy atom. The van der Waals surface area contributed by atoms with Crippen LogP contribution in [0.1, 0.15) is 32.6 Å². The number of amides is 3. The minimum Gasteiger partial charge on any atom is -0.334 e. The smallest absolute Gasteiger partial charge is 0.319 e. The fourth-order valence-corrected chi connectivity index (χ4v) is 3.67. The molecule has 1 aliphatic rings. The lowest BCUT2D eigenvalue weighted by molar-refractivity contribution is 0.0989. The molecule has 3 aromatic rings. The predicted molar refractivity (Wildman–Crippen MR) is 120 cm³/mol. The number of fused-ring (bicyclic) bond motifs is 1. The maximum absolute atomic E-state index is 13.0. The van der Waals surface area contributed by atoms with Gasteiger partial charge in [0.05, 0.1) is 0 Å². The van der Waals surface area contributed by atoms with Gasteiger partial charge in [-0.2, -0.15) is 0 Å². The van der Waals surface area contributed by atoms with Crippen molar-refractivity contribution in [1.29, 1.82) is 0 Å². The van der Waals surface area contributed by atoms with Crippen LogP contribution >= 0.6 is 0 Å². The number of rotatable bonds is 4. The Bertz CT molecular complexity index is 1090. The fraction of sp³-hybridized carbons (Fsp3) is 0.200. The van der Waals surface area contributed by atoms with Gasteiger partial charge in [-0.25, -0.2) is 4.79 Å². The molecule has 0 saturated heterocycles. The zero-order valence-electron chi connectivity index (χ0n) is 17.2. The molecule has 0 unspecified atom stereocenters. The molecule has 152 valence electrons. The Labute approximate surface area is 176 Å². The quantitative estimate of drug-likeness (QED) is 0.660. The summed E-state index contributed by atoms with van der Waals surface area (Å²) in [5.41, 5.74) is 6.70. The lowest BCUT2D eigenvalue weighted by Crippen LogP contribution is -2.29. The van der Waals surface area contributed by atoms with E-state index in [2.05, 4.69) is 10.6 Å². The standard InChI is InChI=1S/C25H25N3O2/c1-17-6-10-22(11-7-17)27-25(30)26-16-19-8-9-20-12-13-28(23(20)15-19)24(29)21-5-3-4-18(2)14-21/h3-11,14-15H,12-13,16H2,1-2H3,(H2,26,27,30). The monoisotopic (exact) mass is 399 g/mol. The van der Waals surface area contributed by atoms with Gasteiger partial charge in [-0.1, -0.05) is 47.5 Å². The number of anilines is 2. The number of carbonyl (C=O) groups excluding carboxylic acids is 2. The Balaban J connectivity index is 1.43. The molecule has 0 aromatic heterocycles. The van der Waals surface area contributed by atoms with Crippen LogP contribution in [0.2, 0.25) is 0 Å². The highest BCUT2D eigenvalue weighted by molar-refractivity contribution is 6.07. The van der Waals surface area contributed by atoms with Crippen molar-refractivity contribution in [3.05, 3.63) is 94.5 Å². The number of nitrogens with one attached hydrogen (secondary N) is 2. The van der Waals surface area contributed by atoms with Gasteiger partial charge in [0.25, 0.3) is 5.91 Å². The summed E-state index contributed by atoms with van der Waals surface area (Å²) >= 11 is 0. The van der Waals surface area contributed by atoms with Gasteiger partial charge in [-0.3, -0.25) is 4.79 Å². The van der Waals surface area contributed by atoms with Crippen LogP contribution in [-0.2, 0) is 13.0 Å². The number of hydrogen-bond donors (Lipinski definition) is 2.